The fourth-order valence-electron chi connectivity index (χ4n) is 1.94. The van der Waals surface area contributed by atoms with Gasteiger partial charge in [-0.1, -0.05) is 30.3 Å². The van der Waals surface area contributed by atoms with E-state index in [1.54, 1.807) is 6.20 Å². The van der Waals surface area contributed by atoms with E-state index in [9.17, 15) is 5.11 Å². The maximum Gasteiger partial charge on any atom is 0.125 e. The summed E-state index contributed by atoms with van der Waals surface area (Å²) >= 11 is 0. The molecule has 1 unspecified atom stereocenters. The molecule has 0 bridgehead atoms. The minimum Gasteiger partial charge on any atom is -0.394 e. The summed E-state index contributed by atoms with van der Waals surface area (Å²) in [5.74, 6) is 0.754. The van der Waals surface area contributed by atoms with Gasteiger partial charge in [-0.2, -0.15) is 0 Å². The lowest BCUT2D eigenvalue weighted by Crippen LogP contribution is -2.42. The van der Waals surface area contributed by atoms with Gasteiger partial charge in [-0.3, -0.25) is 0 Å². The number of nitrogens with one attached hydrogen (secondary N) is 1. The SMILES string of the molecule is Cc1nccc(CNC(C)(CO)c2ccccc2)n1. The third-order valence-electron chi connectivity index (χ3n) is 3.22. The molecule has 0 aliphatic rings. The van der Waals surface area contributed by atoms with Crippen LogP contribution in [0.3, 0.4) is 0 Å². The number of aliphatic hydroxyl groups is 1. The van der Waals surface area contributed by atoms with Crippen LogP contribution in [0.25, 0.3) is 0 Å². The van der Waals surface area contributed by atoms with Crippen LogP contribution in [0.5, 0.6) is 0 Å². The second-order valence-corrected chi connectivity index (χ2v) is 4.80. The van der Waals surface area contributed by atoms with E-state index >= 15 is 0 Å². The molecule has 0 fully saturated rings. The molecule has 19 heavy (non-hydrogen) atoms. The van der Waals surface area contributed by atoms with Crippen molar-refractivity contribution in [3.8, 4) is 0 Å². The van der Waals surface area contributed by atoms with Crippen LogP contribution in [0.2, 0.25) is 0 Å². The Labute approximate surface area is 113 Å². The highest BCUT2D eigenvalue weighted by Crippen LogP contribution is 2.20. The van der Waals surface area contributed by atoms with E-state index in [0.717, 1.165) is 17.1 Å². The zero-order chi connectivity index (χ0) is 13.7. The molecule has 100 valence electrons. The molecule has 2 aromatic rings. The van der Waals surface area contributed by atoms with Gasteiger partial charge in [-0.05, 0) is 25.5 Å². The molecule has 0 spiro atoms. The summed E-state index contributed by atoms with van der Waals surface area (Å²) in [5.41, 5.74) is 1.51. The number of hydrogen-bond acceptors (Lipinski definition) is 4. The molecule has 1 heterocycles. The van der Waals surface area contributed by atoms with Crippen LogP contribution in [-0.2, 0) is 12.1 Å². The first-order chi connectivity index (χ1) is 9.14. The Bertz CT molecular complexity index is 530. The first-order valence-electron chi connectivity index (χ1n) is 6.34. The number of rotatable bonds is 5. The molecule has 2 N–H and O–H groups in total. The molecule has 0 aliphatic carbocycles. The van der Waals surface area contributed by atoms with Gasteiger partial charge in [0.25, 0.3) is 0 Å². The third-order valence-corrected chi connectivity index (χ3v) is 3.22. The van der Waals surface area contributed by atoms with E-state index in [1.165, 1.54) is 0 Å². The summed E-state index contributed by atoms with van der Waals surface area (Å²) in [6.07, 6.45) is 1.75. The first kappa shape index (κ1) is 13.6. The Kier molecular flexibility index (Phi) is 4.24. The van der Waals surface area contributed by atoms with E-state index in [-0.39, 0.29) is 6.61 Å². The number of nitrogens with zero attached hydrogens (tertiary/aromatic N) is 2. The van der Waals surface area contributed by atoms with Crippen molar-refractivity contribution in [1.82, 2.24) is 15.3 Å². The van der Waals surface area contributed by atoms with Gasteiger partial charge in [0.15, 0.2) is 0 Å². The summed E-state index contributed by atoms with van der Waals surface area (Å²) in [6.45, 7) is 4.47. The number of aryl methyl sites for hydroxylation is 1. The van der Waals surface area contributed by atoms with Crippen molar-refractivity contribution in [2.24, 2.45) is 0 Å². The second kappa shape index (κ2) is 5.91. The normalized spacial score (nSPS) is 14.1. The first-order valence-corrected chi connectivity index (χ1v) is 6.34. The number of aromatic nitrogens is 2. The summed E-state index contributed by atoms with van der Waals surface area (Å²) in [6, 6.07) is 11.8. The molecule has 0 saturated carbocycles. The lowest BCUT2D eigenvalue weighted by Gasteiger charge is -2.29. The fourth-order valence-corrected chi connectivity index (χ4v) is 1.94. The summed E-state index contributed by atoms with van der Waals surface area (Å²) < 4.78 is 0. The van der Waals surface area contributed by atoms with Crippen LogP contribution in [-0.4, -0.2) is 21.7 Å². The average Bonchev–Trinajstić information content (AvgIpc) is 2.46. The minimum atomic E-state index is -0.472. The van der Waals surface area contributed by atoms with Gasteiger partial charge in [0.1, 0.15) is 5.82 Å². The van der Waals surface area contributed by atoms with E-state index < -0.39 is 5.54 Å². The zero-order valence-corrected chi connectivity index (χ0v) is 11.3. The van der Waals surface area contributed by atoms with Crippen LogP contribution in [0.4, 0.5) is 0 Å². The Morgan fingerprint density at radius 1 is 1.21 bits per heavy atom. The standard InChI is InChI=1S/C15H19N3O/c1-12-16-9-8-14(18-12)10-17-15(2,11-19)13-6-4-3-5-7-13/h3-9,17,19H,10-11H2,1-2H3. The topological polar surface area (TPSA) is 58.0 Å². The molecule has 1 atom stereocenters. The fraction of sp³-hybridized carbons (Fsp3) is 0.333. The van der Waals surface area contributed by atoms with Gasteiger partial charge in [0.2, 0.25) is 0 Å². The van der Waals surface area contributed by atoms with E-state index in [1.807, 2.05) is 50.2 Å². The monoisotopic (exact) mass is 257 g/mol. The molecule has 0 aliphatic heterocycles. The zero-order valence-electron chi connectivity index (χ0n) is 11.3. The van der Waals surface area contributed by atoms with Crippen molar-refractivity contribution in [3.05, 3.63) is 59.7 Å². The summed E-state index contributed by atoms with van der Waals surface area (Å²) in [7, 11) is 0. The predicted octanol–water partition coefficient (Wildman–Crippen LogP) is 1.78. The van der Waals surface area contributed by atoms with E-state index in [4.69, 9.17) is 0 Å². The van der Waals surface area contributed by atoms with Crippen molar-refractivity contribution >= 4 is 0 Å². The summed E-state index contributed by atoms with van der Waals surface area (Å²) in [5, 5.41) is 13.0. The highest BCUT2D eigenvalue weighted by molar-refractivity contribution is 5.24. The Balaban J connectivity index is 2.11. The Morgan fingerprint density at radius 2 is 1.95 bits per heavy atom. The van der Waals surface area contributed by atoms with Crippen LogP contribution < -0.4 is 5.32 Å². The van der Waals surface area contributed by atoms with Gasteiger partial charge in [-0.25, -0.2) is 9.97 Å². The van der Waals surface area contributed by atoms with Crippen molar-refractivity contribution < 1.29 is 5.11 Å². The lowest BCUT2D eigenvalue weighted by atomic mass is 9.93. The number of aliphatic hydroxyl groups excluding tert-OH is 1. The highest BCUT2D eigenvalue weighted by atomic mass is 16.3. The van der Waals surface area contributed by atoms with Gasteiger partial charge in [0.05, 0.1) is 17.8 Å². The Morgan fingerprint density at radius 3 is 2.58 bits per heavy atom. The van der Waals surface area contributed by atoms with Crippen LogP contribution >= 0.6 is 0 Å². The van der Waals surface area contributed by atoms with Crippen LogP contribution in [0, 0.1) is 6.92 Å². The Hall–Kier alpha value is -1.78. The molecule has 1 aromatic heterocycles. The van der Waals surface area contributed by atoms with Gasteiger partial charge in [0, 0.05) is 12.7 Å². The smallest absolute Gasteiger partial charge is 0.125 e. The highest BCUT2D eigenvalue weighted by Gasteiger charge is 2.24. The number of hydrogen-bond donors (Lipinski definition) is 2. The molecule has 4 nitrogen and oxygen atoms in total. The molecule has 0 amide bonds. The predicted molar refractivity (Wildman–Crippen MR) is 74.5 cm³/mol. The van der Waals surface area contributed by atoms with Crippen LogP contribution in [0.1, 0.15) is 24.0 Å². The molecule has 2 rings (SSSR count). The third kappa shape index (κ3) is 3.36. The number of benzene rings is 1. The maximum absolute atomic E-state index is 9.68. The van der Waals surface area contributed by atoms with E-state index in [2.05, 4.69) is 15.3 Å². The van der Waals surface area contributed by atoms with Gasteiger partial charge in [-0.15, -0.1) is 0 Å². The van der Waals surface area contributed by atoms with E-state index in [0.29, 0.717) is 6.54 Å². The van der Waals surface area contributed by atoms with Crippen molar-refractivity contribution in [3.63, 3.8) is 0 Å². The molecule has 4 heteroatoms. The van der Waals surface area contributed by atoms with Gasteiger partial charge >= 0.3 is 0 Å². The quantitative estimate of drug-likeness (QED) is 0.857. The van der Waals surface area contributed by atoms with Crippen molar-refractivity contribution in [2.45, 2.75) is 25.9 Å². The van der Waals surface area contributed by atoms with Crippen molar-refractivity contribution in [1.29, 1.82) is 0 Å². The largest absolute Gasteiger partial charge is 0.394 e. The molecule has 0 saturated heterocycles. The minimum absolute atomic E-state index is 0.0288. The summed E-state index contributed by atoms with van der Waals surface area (Å²) in [4.78, 5) is 8.42. The lowest BCUT2D eigenvalue weighted by molar-refractivity contribution is 0.173. The van der Waals surface area contributed by atoms with Crippen LogP contribution in [0.15, 0.2) is 42.6 Å². The second-order valence-electron chi connectivity index (χ2n) is 4.80. The molecular weight excluding hydrogens is 238 g/mol. The maximum atomic E-state index is 9.68. The molecular formula is C15H19N3O. The van der Waals surface area contributed by atoms with Crippen molar-refractivity contribution in [2.75, 3.05) is 6.61 Å². The molecule has 0 radical (unpaired) electrons. The average molecular weight is 257 g/mol. The van der Waals surface area contributed by atoms with Gasteiger partial charge < -0.3 is 10.4 Å². The molecule has 1 aromatic carbocycles.